The van der Waals surface area contributed by atoms with E-state index in [4.69, 9.17) is 10.7 Å². The number of alkyl halides is 3. The Balaban J connectivity index is 2.66. The van der Waals surface area contributed by atoms with Crippen molar-refractivity contribution in [3.63, 3.8) is 0 Å². The van der Waals surface area contributed by atoms with Gasteiger partial charge in [0.2, 0.25) is 9.05 Å². The van der Waals surface area contributed by atoms with Crippen molar-refractivity contribution in [1.29, 1.82) is 0 Å². The Bertz CT molecular complexity index is 286. The quantitative estimate of drug-likeness (QED) is 0.647. The molecule has 78 valence electrons. The predicted molar refractivity (Wildman–Crippen MR) is 39.0 cm³/mol. The van der Waals surface area contributed by atoms with Crippen LogP contribution in [0.25, 0.3) is 0 Å². The van der Waals surface area contributed by atoms with Crippen LogP contribution < -0.4 is 0 Å². The van der Waals surface area contributed by atoms with Gasteiger partial charge in [-0.25, -0.2) is 8.42 Å². The molecular weight excluding hydrogens is 233 g/mol. The van der Waals surface area contributed by atoms with Crippen molar-refractivity contribution in [2.45, 2.75) is 24.0 Å². The van der Waals surface area contributed by atoms with Crippen LogP contribution in [0.4, 0.5) is 13.2 Å². The molecule has 1 aliphatic heterocycles. The topological polar surface area (TPSA) is 43.4 Å². The Labute approximate surface area is 77.2 Å². The summed E-state index contributed by atoms with van der Waals surface area (Å²) in [6, 6.07) is 0. The van der Waals surface area contributed by atoms with Crippen LogP contribution in [0.15, 0.2) is 0 Å². The zero-order valence-corrected chi connectivity index (χ0v) is 7.79. The van der Waals surface area contributed by atoms with Crippen LogP contribution in [0.1, 0.15) is 6.42 Å². The minimum atomic E-state index is -4.52. The lowest BCUT2D eigenvalue weighted by Crippen LogP contribution is -2.28. The van der Waals surface area contributed by atoms with Gasteiger partial charge < -0.3 is 4.74 Å². The third-order valence-corrected chi connectivity index (χ3v) is 3.60. The van der Waals surface area contributed by atoms with Gasteiger partial charge in [-0.1, -0.05) is 0 Å². The standard InChI is InChI=1S/C5H6ClF3O3S/c6-13(10,11)3-1-4(12-2-3)5(7,8)9/h3-4H,1-2H2/t3-,4+/m1/s1. The van der Waals surface area contributed by atoms with E-state index in [1.54, 1.807) is 0 Å². The molecule has 0 amide bonds. The van der Waals surface area contributed by atoms with Crippen LogP contribution in [0, 0.1) is 0 Å². The van der Waals surface area contributed by atoms with Gasteiger partial charge in [0.1, 0.15) is 5.25 Å². The van der Waals surface area contributed by atoms with E-state index in [1.165, 1.54) is 0 Å². The van der Waals surface area contributed by atoms with E-state index in [1.807, 2.05) is 0 Å². The van der Waals surface area contributed by atoms with Gasteiger partial charge >= 0.3 is 6.18 Å². The largest absolute Gasteiger partial charge is 0.414 e. The van der Waals surface area contributed by atoms with E-state index in [-0.39, 0.29) is 0 Å². The molecule has 0 bridgehead atoms. The first-order valence-electron chi connectivity index (χ1n) is 3.33. The second-order valence-corrected chi connectivity index (χ2v) is 5.61. The molecule has 0 spiro atoms. The summed E-state index contributed by atoms with van der Waals surface area (Å²) in [6.07, 6.45) is -7.14. The lowest BCUT2D eigenvalue weighted by molar-refractivity contribution is -0.206. The third kappa shape index (κ3) is 2.72. The minimum Gasteiger partial charge on any atom is -0.367 e. The lowest BCUT2D eigenvalue weighted by atomic mass is 10.2. The summed E-state index contributed by atoms with van der Waals surface area (Å²) in [5.41, 5.74) is 0. The van der Waals surface area contributed by atoms with Gasteiger partial charge in [-0.05, 0) is 0 Å². The van der Waals surface area contributed by atoms with Crippen LogP contribution in [0.5, 0.6) is 0 Å². The van der Waals surface area contributed by atoms with Crippen LogP contribution in [0.3, 0.4) is 0 Å². The number of ether oxygens (including phenoxy) is 1. The highest BCUT2D eigenvalue weighted by Gasteiger charge is 2.48. The molecule has 0 aromatic rings. The maximum absolute atomic E-state index is 12.0. The Morgan fingerprint density at radius 2 is 1.92 bits per heavy atom. The van der Waals surface area contributed by atoms with Gasteiger partial charge in [0, 0.05) is 17.1 Å². The van der Waals surface area contributed by atoms with Crippen molar-refractivity contribution in [3.05, 3.63) is 0 Å². The molecule has 0 aliphatic carbocycles. The number of hydrogen-bond acceptors (Lipinski definition) is 3. The highest BCUT2D eigenvalue weighted by atomic mass is 35.7. The summed E-state index contributed by atoms with van der Waals surface area (Å²) >= 11 is 0. The molecule has 8 heteroatoms. The van der Waals surface area contributed by atoms with Crippen molar-refractivity contribution >= 4 is 19.7 Å². The SMILES string of the molecule is O=S(=O)(Cl)[C@H]1CO[C@H](C(F)(F)F)C1. The average molecular weight is 239 g/mol. The van der Waals surface area contributed by atoms with Crippen molar-refractivity contribution in [2.24, 2.45) is 0 Å². The van der Waals surface area contributed by atoms with E-state index < -0.39 is 39.6 Å². The van der Waals surface area contributed by atoms with E-state index in [9.17, 15) is 21.6 Å². The van der Waals surface area contributed by atoms with Gasteiger partial charge in [0.15, 0.2) is 6.10 Å². The van der Waals surface area contributed by atoms with Crippen molar-refractivity contribution in [3.8, 4) is 0 Å². The number of halogens is 4. The van der Waals surface area contributed by atoms with Crippen LogP contribution in [0.2, 0.25) is 0 Å². The molecule has 1 saturated heterocycles. The average Bonchev–Trinajstić information content (AvgIpc) is 2.28. The molecule has 0 radical (unpaired) electrons. The first kappa shape index (κ1) is 11.1. The van der Waals surface area contributed by atoms with Crippen molar-refractivity contribution in [1.82, 2.24) is 0 Å². The summed E-state index contributed by atoms with van der Waals surface area (Å²) in [5.74, 6) is 0. The molecule has 0 saturated carbocycles. The first-order chi connectivity index (χ1) is 5.71. The van der Waals surface area contributed by atoms with Crippen LogP contribution in [-0.2, 0) is 13.8 Å². The van der Waals surface area contributed by atoms with Gasteiger partial charge in [-0.3, -0.25) is 0 Å². The molecule has 1 aliphatic rings. The van der Waals surface area contributed by atoms with Gasteiger partial charge in [0.25, 0.3) is 0 Å². The minimum absolute atomic E-state index is 0.490. The second kappa shape index (κ2) is 3.29. The van der Waals surface area contributed by atoms with E-state index in [0.29, 0.717) is 0 Å². The molecule has 3 nitrogen and oxygen atoms in total. The molecule has 0 aromatic heterocycles. The predicted octanol–water partition coefficient (Wildman–Crippen LogP) is 1.27. The monoisotopic (exact) mass is 238 g/mol. The maximum atomic E-state index is 12.0. The molecule has 0 aromatic carbocycles. The molecule has 0 unspecified atom stereocenters. The zero-order valence-electron chi connectivity index (χ0n) is 6.21. The van der Waals surface area contributed by atoms with Gasteiger partial charge in [-0.2, -0.15) is 13.2 Å². The van der Waals surface area contributed by atoms with Crippen LogP contribution in [-0.4, -0.2) is 32.6 Å². The number of rotatable bonds is 1. The Morgan fingerprint density at radius 3 is 2.15 bits per heavy atom. The smallest absolute Gasteiger partial charge is 0.367 e. The molecular formula is C5H6ClF3O3S. The molecule has 1 fully saturated rings. The van der Waals surface area contributed by atoms with E-state index >= 15 is 0 Å². The molecule has 13 heavy (non-hydrogen) atoms. The zero-order chi connectivity index (χ0) is 10.3. The van der Waals surface area contributed by atoms with Gasteiger partial charge in [-0.15, -0.1) is 0 Å². The Hall–Kier alpha value is -0.0100. The van der Waals surface area contributed by atoms with E-state index in [2.05, 4.69) is 4.74 Å². The number of hydrogen-bond donors (Lipinski definition) is 0. The van der Waals surface area contributed by atoms with Crippen molar-refractivity contribution in [2.75, 3.05) is 6.61 Å². The summed E-state index contributed by atoms with van der Waals surface area (Å²) in [4.78, 5) is 0. The summed E-state index contributed by atoms with van der Waals surface area (Å²) < 4.78 is 61.4. The van der Waals surface area contributed by atoms with Crippen LogP contribution >= 0.6 is 10.7 Å². The Morgan fingerprint density at radius 1 is 1.38 bits per heavy atom. The van der Waals surface area contributed by atoms with E-state index in [0.717, 1.165) is 0 Å². The normalized spacial score (nSPS) is 30.8. The first-order valence-corrected chi connectivity index (χ1v) is 5.70. The maximum Gasteiger partial charge on any atom is 0.414 e. The fraction of sp³-hybridized carbons (Fsp3) is 1.00. The molecule has 2 atom stereocenters. The second-order valence-electron chi connectivity index (χ2n) is 2.70. The molecule has 1 rings (SSSR count). The molecule has 1 heterocycles. The summed E-state index contributed by atoms with van der Waals surface area (Å²) in [6.45, 7) is -0.490. The highest BCUT2D eigenvalue weighted by molar-refractivity contribution is 8.14. The fourth-order valence-corrected chi connectivity index (χ4v) is 2.04. The fourth-order valence-electron chi connectivity index (χ4n) is 1.02. The lowest BCUT2D eigenvalue weighted by Gasteiger charge is -2.12. The summed E-state index contributed by atoms with van der Waals surface area (Å²) in [7, 11) is 0.931. The Kier molecular flexibility index (Phi) is 2.80. The van der Waals surface area contributed by atoms with Gasteiger partial charge in [0.05, 0.1) is 6.61 Å². The summed E-state index contributed by atoms with van der Waals surface area (Å²) in [5, 5.41) is -1.25. The molecule has 0 N–H and O–H groups in total. The third-order valence-electron chi connectivity index (χ3n) is 1.72. The highest BCUT2D eigenvalue weighted by Crippen LogP contribution is 2.33. The van der Waals surface area contributed by atoms with Crippen molar-refractivity contribution < 1.29 is 26.3 Å².